The first-order chi connectivity index (χ1) is 10.0. The van der Waals surface area contributed by atoms with Gasteiger partial charge in [-0.25, -0.2) is 8.78 Å². The molecule has 0 aliphatic carbocycles. The van der Waals surface area contributed by atoms with Crippen LogP contribution in [-0.2, 0) is 4.79 Å². The van der Waals surface area contributed by atoms with E-state index in [1.807, 2.05) is 31.2 Å². The summed E-state index contributed by atoms with van der Waals surface area (Å²) in [6.07, 6.45) is 0.565. The number of carbonyl (C=O) groups is 1. The normalized spacial score (nSPS) is 18.3. The van der Waals surface area contributed by atoms with Crippen molar-refractivity contribution in [3.63, 3.8) is 0 Å². The molecule has 21 heavy (non-hydrogen) atoms. The number of halogens is 2. The van der Waals surface area contributed by atoms with Crippen molar-refractivity contribution >= 4 is 11.6 Å². The lowest BCUT2D eigenvalue weighted by molar-refractivity contribution is -0.118. The molecule has 1 atom stereocenters. The maximum Gasteiger partial charge on any atom is 0.234 e. The summed E-state index contributed by atoms with van der Waals surface area (Å²) in [4.78, 5) is 14.2. The summed E-state index contributed by atoms with van der Waals surface area (Å²) in [6, 6.07) is 11.0. The number of amides is 1. The van der Waals surface area contributed by atoms with E-state index in [0.717, 1.165) is 17.3 Å². The molecule has 1 saturated heterocycles. The van der Waals surface area contributed by atoms with Gasteiger partial charge in [-0.15, -0.1) is 0 Å². The first-order valence-electron chi connectivity index (χ1n) is 6.88. The SMILES string of the molecule is Cc1cccc(N2CCC(c3cc(F)cc(F)c3)C2=O)c1. The maximum atomic E-state index is 13.3. The van der Waals surface area contributed by atoms with Crippen LogP contribution in [0.25, 0.3) is 0 Å². The first kappa shape index (κ1) is 13.7. The third kappa shape index (κ3) is 2.66. The Morgan fingerprint density at radius 3 is 2.48 bits per heavy atom. The van der Waals surface area contributed by atoms with Crippen LogP contribution in [-0.4, -0.2) is 12.5 Å². The van der Waals surface area contributed by atoms with Gasteiger partial charge in [-0.2, -0.15) is 0 Å². The number of rotatable bonds is 2. The van der Waals surface area contributed by atoms with Crippen LogP contribution >= 0.6 is 0 Å². The van der Waals surface area contributed by atoms with Gasteiger partial charge in [0.15, 0.2) is 0 Å². The number of nitrogens with zero attached hydrogens (tertiary/aromatic N) is 1. The molecule has 0 aromatic heterocycles. The van der Waals surface area contributed by atoms with Crippen molar-refractivity contribution in [1.82, 2.24) is 0 Å². The van der Waals surface area contributed by atoms with Crippen LogP contribution in [0.3, 0.4) is 0 Å². The second-order valence-electron chi connectivity index (χ2n) is 5.37. The molecule has 2 nitrogen and oxygen atoms in total. The van der Waals surface area contributed by atoms with Crippen molar-refractivity contribution in [2.24, 2.45) is 0 Å². The summed E-state index contributed by atoms with van der Waals surface area (Å²) in [5, 5.41) is 0. The molecule has 1 unspecified atom stereocenters. The molecule has 1 fully saturated rings. The Labute approximate surface area is 122 Å². The monoisotopic (exact) mass is 287 g/mol. The van der Waals surface area contributed by atoms with Crippen LogP contribution < -0.4 is 4.90 Å². The number of hydrogen-bond donors (Lipinski definition) is 0. The number of benzene rings is 2. The third-order valence-corrected chi connectivity index (χ3v) is 3.81. The summed E-state index contributed by atoms with van der Waals surface area (Å²) in [7, 11) is 0. The molecule has 0 radical (unpaired) electrons. The fourth-order valence-corrected chi connectivity index (χ4v) is 2.82. The largest absolute Gasteiger partial charge is 0.312 e. The maximum absolute atomic E-state index is 13.3. The Hall–Kier alpha value is -2.23. The molecule has 1 amide bonds. The Balaban J connectivity index is 1.90. The van der Waals surface area contributed by atoms with Gasteiger partial charge in [0.05, 0.1) is 5.92 Å². The Bertz CT molecular complexity index is 679. The van der Waals surface area contributed by atoms with Crippen molar-refractivity contribution in [3.8, 4) is 0 Å². The van der Waals surface area contributed by atoms with Crippen LogP contribution in [0.5, 0.6) is 0 Å². The molecular formula is C17H15F2NO. The minimum atomic E-state index is -0.646. The van der Waals surface area contributed by atoms with Gasteiger partial charge >= 0.3 is 0 Å². The number of anilines is 1. The standard InChI is InChI=1S/C17H15F2NO/c1-11-3-2-4-15(7-11)20-6-5-16(17(20)21)12-8-13(18)10-14(19)9-12/h2-4,7-10,16H,5-6H2,1H3. The van der Waals surface area contributed by atoms with Crippen molar-refractivity contribution in [2.45, 2.75) is 19.3 Å². The van der Waals surface area contributed by atoms with Crippen molar-refractivity contribution in [1.29, 1.82) is 0 Å². The number of carbonyl (C=O) groups excluding carboxylic acids is 1. The van der Waals surface area contributed by atoms with Crippen LogP contribution in [0.2, 0.25) is 0 Å². The van der Waals surface area contributed by atoms with Crippen LogP contribution in [0.1, 0.15) is 23.5 Å². The van der Waals surface area contributed by atoms with Gasteiger partial charge in [0.1, 0.15) is 11.6 Å². The second-order valence-corrected chi connectivity index (χ2v) is 5.37. The van der Waals surface area contributed by atoms with E-state index in [1.165, 1.54) is 12.1 Å². The number of aryl methyl sites for hydroxylation is 1. The molecule has 0 spiro atoms. The van der Waals surface area contributed by atoms with Gasteiger partial charge in [-0.1, -0.05) is 12.1 Å². The van der Waals surface area contributed by atoms with Crippen LogP contribution in [0, 0.1) is 18.6 Å². The quantitative estimate of drug-likeness (QED) is 0.823. The highest BCUT2D eigenvalue weighted by molar-refractivity contribution is 6.00. The van der Waals surface area contributed by atoms with E-state index in [1.54, 1.807) is 4.90 Å². The lowest BCUT2D eigenvalue weighted by Crippen LogP contribution is -2.26. The molecule has 108 valence electrons. The average Bonchev–Trinajstić information content (AvgIpc) is 2.79. The molecule has 0 N–H and O–H groups in total. The molecule has 0 bridgehead atoms. The Morgan fingerprint density at radius 1 is 1.10 bits per heavy atom. The fraction of sp³-hybridized carbons (Fsp3) is 0.235. The highest BCUT2D eigenvalue weighted by atomic mass is 19.1. The summed E-state index contributed by atoms with van der Waals surface area (Å²) in [5.74, 6) is -1.88. The zero-order valence-corrected chi connectivity index (χ0v) is 11.6. The first-order valence-corrected chi connectivity index (χ1v) is 6.88. The molecule has 3 rings (SSSR count). The molecule has 0 saturated carbocycles. The van der Waals surface area contributed by atoms with Crippen molar-refractivity contribution in [2.75, 3.05) is 11.4 Å². The van der Waals surface area contributed by atoms with Gasteiger partial charge < -0.3 is 4.90 Å². The van der Waals surface area contributed by atoms with Gasteiger partial charge in [0, 0.05) is 18.3 Å². The van der Waals surface area contributed by atoms with E-state index < -0.39 is 17.6 Å². The average molecular weight is 287 g/mol. The highest BCUT2D eigenvalue weighted by Crippen LogP contribution is 2.33. The van der Waals surface area contributed by atoms with E-state index in [-0.39, 0.29) is 5.91 Å². The summed E-state index contributed by atoms with van der Waals surface area (Å²) >= 11 is 0. The lowest BCUT2D eigenvalue weighted by Gasteiger charge is -2.17. The van der Waals surface area contributed by atoms with Gasteiger partial charge in [-0.05, 0) is 48.7 Å². The predicted molar refractivity (Wildman–Crippen MR) is 77.2 cm³/mol. The van der Waals surface area contributed by atoms with E-state index >= 15 is 0 Å². The fourth-order valence-electron chi connectivity index (χ4n) is 2.82. The van der Waals surface area contributed by atoms with Crippen LogP contribution in [0.15, 0.2) is 42.5 Å². The third-order valence-electron chi connectivity index (χ3n) is 3.81. The molecule has 2 aromatic carbocycles. The lowest BCUT2D eigenvalue weighted by atomic mass is 9.97. The highest BCUT2D eigenvalue weighted by Gasteiger charge is 2.34. The van der Waals surface area contributed by atoms with Gasteiger partial charge in [-0.3, -0.25) is 4.79 Å². The molecular weight excluding hydrogens is 272 g/mol. The second kappa shape index (κ2) is 5.28. The summed E-state index contributed by atoms with van der Waals surface area (Å²) in [5.41, 5.74) is 2.31. The molecule has 1 aliphatic heterocycles. The topological polar surface area (TPSA) is 20.3 Å². The summed E-state index contributed by atoms with van der Waals surface area (Å²) < 4.78 is 26.6. The molecule has 2 aromatic rings. The molecule has 4 heteroatoms. The number of hydrogen-bond acceptors (Lipinski definition) is 1. The zero-order valence-electron chi connectivity index (χ0n) is 11.6. The van der Waals surface area contributed by atoms with Crippen molar-refractivity contribution < 1.29 is 13.6 Å². The van der Waals surface area contributed by atoms with E-state index in [9.17, 15) is 13.6 Å². The Kier molecular flexibility index (Phi) is 3.45. The van der Waals surface area contributed by atoms with Crippen LogP contribution in [0.4, 0.5) is 14.5 Å². The zero-order chi connectivity index (χ0) is 15.0. The Morgan fingerprint density at radius 2 is 1.81 bits per heavy atom. The van der Waals surface area contributed by atoms with Crippen molar-refractivity contribution in [3.05, 3.63) is 65.2 Å². The van der Waals surface area contributed by atoms with Gasteiger partial charge in [0.25, 0.3) is 0 Å². The van der Waals surface area contributed by atoms with E-state index in [0.29, 0.717) is 18.5 Å². The predicted octanol–water partition coefficient (Wildman–Crippen LogP) is 3.79. The van der Waals surface area contributed by atoms with E-state index in [4.69, 9.17) is 0 Å². The molecule has 1 heterocycles. The minimum absolute atomic E-state index is 0.106. The molecule has 1 aliphatic rings. The van der Waals surface area contributed by atoms with Gasteiger partial charge in [0.2, 0.25) is 5.91 Å². The smallest absolute Gasteiger partial charge is 0.234 e. The minimum Gasteiger partial charge on any atom is -0.312 e. The van der Waals surface area contributed by atoms with E-state index in [2.05, 4.69) is 0 Å². The summed E-state index contributed by atoms with van der Waals surface area (Å²) in [6.45, 7) is 2.52.